The van der Waals surface area contributed by atoms with Crippen molar-refractivity contribution in [2.45, 2.75) is 84.9 Å². The van der Waals surface area contributed by atoms with Gasteiger partial charge in [-0.3, -0.25) is 9.32 Å². The summed E-state index contributed by atoms with van der Waals surface area (Å²) in [6.45, 7) is -4.44. The molecule has 0 aliphatic rings. The Labute approximate surface area is 271 Å². The van der Waals surface area contributed by atoms with E-state index in [2.05, 4.69) is 10.1 Å². The third kappa shape index (κ3) is 7.77. The third-order valence-corrected chi connectivity index (χ3v) is 8.40. The quantitative estimate of drug-likeness (QED) is 0.101. The van der Waals surface area contributed by atoms with Crippen LogP contribution in [0.3, 0.4) is 0 Å². The van der Waals surface area contributed by atoms with E-state index in [1.54, 1.807) is 24.3 Å². The average molecular weight is 635 g/mol. The van der Waals surface area contributed by atoms with Crippen molar-refractivity contribution < 1.29 is 40.2 Å². The summed E-state index contributed by atoms with van der Waals surface area (Å²) in [5, 5.41) is 2.86. The number of nitrogens with zero attached hydrogens (tertiary/aromatic N) is 3. The van der Waals surface area contributed by atoms with Crippen LogP contribution in [0.25, 0.3) is 21.9 Å². The molecular formula is C32H44N5O6P. The van der Waals surface area contributed by atoms with Crippen LogP contribution in [0.2, 0.25) is 0 Å². The molecule has 12 heteroatoms. The molecule has 0 fully saturated rings. The number of para-hydroxylation sites is 2. The largest absolute Gasteiger partial charge is 0.462 e. The first-order valence-electron chi connectivity index (χ1n) is 18.7. The highest BCUT2D eigenvalue weighted by atomic mass is 31.2. The van der Waals surface area contributed by atoms with Crippen LogP contribution in [0, 0.1) is 0 Å². The molecule has 2 aromatic heterocycles. The molecule has 0 bridgehead atoms. The predicted molar refractivity (Wildman–Crippen MR) is 172 cm³/mol. The lowest BCUT2D eigenvalue weighted by Crippen LogP contribution is -2.40. The van der Waals surface area contributed by atoms with E-state index in [4.69, 9.17) is 41.6 Å². The predicted octanol–water partition coefficient (Wildman–Crippen LogP) is 6.74. The van der Waals surface area contributed by atoms with Crippen LogP contribution in [0.15, 0.2) is 54.6 Å². The second kappa shape index (κ2) is 14.5. The number of ether oxygens (including phenoxy) is 2. The number of benzene rings is 2. The first-order valence-corrected chi connectivity index (χ1v) is 15.8. The van der Waals surface area contributed by atoms with Crippen molar-refractivity contribution >= 4 is 41.5 Å². The zero-order chi connectivity index (χ0) is 39.4. The molecule has 44 heavy (non-hydrogen) atoms. The van der Waals surface area contributed by atoms with Crippen molar-refractivity contribution in [2.75, 3.05) is 18.9 Å². The Morgan fingerprint density at radius 1 is 1.11 bits per heavy atom. The molecule has 0 amide bonds. The minimum atomic E-state index is -4.95. The van der Waals surface area contributed by atoms with Gasteiger partial charge in [-0.2, -0.15) is 5.09 Å². The molecule has 4 rings (SSSR count). The van der Waals surface area contributed by atoms with Crippen LogP contribution in [-0.4, -0.2) is 45.9 Å². The van der Waals surface area contributed by atoms with E-state index in [9.17, 15) is 9.36 Å². The lowest BCUT2D eigenvalue weighted by Gasteiger charge is -2.35. The van der Waals surface area contributed by atoms with Gasteiger partial charge >= 0.3 is 13.7 Å². The van der Waals surface area contributed by atoms with Gasteiger partial charge < -0.3 is 24.3 Å². The molecule has 0 unspecified atom stereocenters. The van der Waals surface area contributed by atoms with Gasteiger partial charge in [0.2, 0.25) is 0 Å². The van der Waals surface area contributed by atoms with Gasteiger partial charge in [0.05, 0.1) is 29.3 Å². The SMILES string of the molecule is [2H]C([2H])([2H])C(OC(=O)[C@@H](N[P@](=O)(OC[C@@](C)(CCCC)n1c(COCC)nc2c(N)nc3ccccc3c21)Oc1ccccc1)C([2H])([2H])[2H])C([2H])([2H])[2H]. The van der Waals surface area contributed by atoms with Crippen LogP contribution >= 0.6 is 7.75 Å². The minimum Gasteiger partial charge on any atom is -0.462 e. The molecule has 11 nitrogen and oxygen atoms in total. The monoisotopic (exact) mass is 634 g/mol. The lowest BCUT2D eigenvalue weighted by atomic mass is 9.94. The summed E-state index contributed by atoms with van der Waals surface area (Å²) in [4.78, 5) is 22.7. The van der Waals surface area contributed by atoms with Crippen molar-refractivity contribution in [3.8, 4) is 5.75 Å². The molecule has 0 spiro atoms. The second-order valence-electron chi connectivity index (χ2n) is 10.4. The molecule has 0 radical (unpaired) electrons. The normalized spacial score (nSPS) is 19.1. The molecule has 0 aliphatic carbocycles. The highest BCUT2D eigenvalue weighted by Gasteiger charge is 2.39. The first-order chi connectivity index (χ1) is 24.6. The summed E-state index contributed by atoms with van der Waals surface area (Å²) in [6.07, 6.45) is -0.902. The number of unbranched alkanes of at least 4 members (excludes halogenated alkanes) is 1. The van der Waals surface area contributed by atoms with E-state index < -0.39 is 58.6 Å². The highest BCUT2D eigenvalue weighted by molar-refractivity contribution is 7.52. The summed E-state index contributed by atoms with van der Waals surface area (Å²) in [5.41, 5.74) is 6.88. The summed E-state index contributed by atoms with van der Waals surface area (Å²) in [6, 6.07) is 12.3. The Balaban J connectivity index is 1.85. The van der Waals surface area contributed by atoms with Gasteiger partial charge in [0, 0.05) is 24.3 Å². The maximum absolute atomic E-state index is 14.8. The van der Waals surface area contributed by atoms with Crippen molar-refractivity contribution in [2.24, 2.45) is 0 Å². The Kier molecular flexibility index (Phi) is 7.57. The summed E-state index contributed by atoms with van der Waals surface area (Å²) in [5.74, 6) is -1.23. The van der Waals surface area contributed by atoms with Crippen LogP contribution in [-0.2, 0) is 35.5 Å². The first kappa shape index (κ1) is 22.9. The van der Waals surface area contributed by atoms with Crippen molar-refractivity contribution in [3.05, 3.63) is 60.4 Å². The summed E-state index contributed by atoms with van der Waals surface area (Å²) in [7, 11) is -4.95. The second-order valence-corrected chi connectivity index (χ2v) is 12.1. The van der Waals surface area contributed by atoms with Gasteiger partial charge in [-0.05, 0) is 59.0 Å². The number of rotatable bonds is 16. The average Bonchev–Trinajstić information content (AvgIpc) is 3.47. The van der Waals surface area contributed by atoms with Gasteiger partial charge in [-0.25, -0.2) is 14.5 Å². The Hall–Kier alpha value is -3.50. The number of hydrogen-bond donors (Lipinski definition) is 2. The Bertz CT molecular complexity index is 1910. The van der Waals surface area contributed by atoms with Crippen LogP contribution in [0.5, 0.6) is 5.75 Å². The number of nitrogen functional groups attached to an aromatic ring is 1. The number of fused-ring (bicyclic) bond motifs is 3. The maximum atomic E-state index is 14.8. The van der Waals surface area contributed by atoms with E-state index in [1.165, 1.54) is 12.1 Å². The minimum absolute atomic E-state index is 0.0333. The molecular weight excluding hydrogens is 581 g/mol. The number of esters is 1. The summed E-state index contributed by atoms with van der Waals surface area (Å²) < 4.78 is 109. The molecule has 0 saturated carbocycles. The molecule has 3 N–H and O–H groups in total. The topological polar surface area (TPSA) is 140 Å². The third-order valence-electron chi connectivity index (χ3n) is 6.90. The van der Waals surface area contributed by atoms with Gasteiger partial charge in [-0.15, -0.1) is 0 Å². The van der Waals surface area contributed by atoms with Gasteiger partial charge in [0.1, 0.15) is 29.7 Å². The van der Waals surface area contributed by atoms with Gasteiger partial charge in [0.25, 0.3) is 0 Å². The number of nitrogens with one attached hydrogen (secondary N) is 1. The molecule has 4 aromatic rings. The molecule has 0 saturated heterocycles. The molecule has 3 atom stereocenters. The van der Waals surface area contributed by atoms with E-state index in [0.29, 0.717) is 47.2 Å². The number of pyridine rings is 1. The molecule has 2 aromatic carbocycles. The fourth-order valence-corrected chi connectivity index (χ4v) is 6.30. The van der Waals surface area contributed by atoms with E-state index in [0.717, 1.165) is 6.42 Å². The van der Waals surface area contributed by atoms with Crippen LogP contribution in [0.4, 0.5) is 5.82 Å². The van der Waals surface area contributed by atoms with E-state index >= 15 is 0 Å². The summed E-state index contributed by atoms with van der Waals surface area (Å²) >= 11 is 0. The Morgan fingerprint density at radius 3 is 2.57 bits per heavy atom. The fourth-order valence-electron chi connectivity index (χ4n) is 4.85. The zero-order valence-corrected chi connectivity index (χ0v) is 25.8. The van der Waals surface area contributed by atoms with E-state index in [1.807, 2.05) is 43.5 Å². The van der Waals surface area contributed by atoms with E-state index in [-0.39, 0.29) is 18.2 Å². The smallest absolute Gasteiger partial charge is 0.459 e. The number of carbonyl (C=O) groups excluding carboxylic acids is 1. The number of nitrogens with two attached hydrogens (primary N) is 1. The number of carbonyl (C=O) groups is 1. The Morgan fingerprint density at radius 2 is 1.86 bits per heavy atom. The van der Waals surface area contributed by atoms with Gasteiger partial charge in [0.15, 0.2) is 5.82 Å². The highest BCUT2D eigenvalue weighted by Crippen LogP contribution is 2.47. The maximum Gasteiger partial charge on any atom is 0.459 e. The van der Waals surface area contributed by atoms with Crippen LogP contribution in [0.1, 0.15) is 78.8 Å². The number of imidazole rings is 1. The molecule has 238 valence electrons. The van der Waals surface area contributed by atoms with Crippen molar-refractivity contribution in [1.29, 1.82) is 0 Å². The number of anilines is 1. The standard InChI is InChI=1S/C32H44N5O6P/c1-7-9-19-32(6,21-41-44(39,43-24-15-11-10-12-16-24)36-23(5)31(38)42-22(3)4)37-27(20-40-8-2)35-28-29(37)25-17-13-14-18-26(25)34-30(28)33/h10-18,22-23H,7-9,19-21H2,1-6H3,(H2,33,34)(H,36,39)/t23-,32+,44-/m0/s1/i3D3,4D3,5D3. The molecule has 2 heterocycles. The number of hydrogen-bond acceptors (Lipinski definition) is 9. The number of aromatic nitrogens is 3. The molecule has 0 aliphatic heterocycles. The van der Waals surface area contributed by atoms with Crippen LogP contribution < -0.4 is 15.3 Å². The van der Waals surface area contributed by atoms with Crippen molar-refractivity contribution in [1.82, 2.24) is 19.6 Å². The lowest BCUT2D eigenvalue weighted by molar-refractivity contribution is -0.149. The zero-order valence-electron chi connectivity index (χ0n) is 33.9. The fraction of sp³-hybridized carbons (Fsp3) is 0.469. The van der Waals surface area contributed by atoms with Crippen molar-refractivity contribution in [3.63, 3.8) is 0 Å². The van der Waals surface area contributed by atoms with Gasteiger partial charge in [-0.1, -0.05) is 56.2 Å².